The van der Waals surface area contributed by atoms with Gasteiger partial charge in [-0.05, 0) is 49.7 Å². The van der Waals surface area contributed by atoms with Gasteiger partial charge in [-0.3, -0.25) is 4.79 Å². The number of benzene rings is 3. The monoisotopic (exact) mass is 439 g/mol. The maximum atomic E-state index is 12.7. The lowest BCUT2D eigenvalue weighted by Gasteiger charge is -2.16. The number of para-hydroxylation sites is 3. The van der Waals surface area contributed by atoms with Gasteiger partial charge < -0.3 is 21.3 Å². The van der Waals surface area contributed by atoms with Gasteiger partial charge in [-0.1, -0.05) is 54.6 Å². The number of aromatic nitrogens is 3. The lowest BCUT2D eigenvalue weighted by molar-refractivity contribution is -0.116. The van der Waals surface area contributed by atoms with Crippen LogP contribution in [0.25, 0.3) is 0 Å². The van der Waals surface area contributed by atoms with E-state index in [2.05, 4.69) is 36.2 Å². The van der Waals surface area contributed by atoms with Crippen LogP contribution in [0.5, 0.6) is 0 Å². The number of nitrogens with one attached hydrogen (secondary N) is 4. The molecule has 0 bridgehead atoms. The molecule has 4 N–H and O–H groups in total. The molecule has 4 rings (SSSR count). The minimum Gasteiger partial charge on any atom is -0.342 e. The average molecular weight is 440 g/mol. The van der Waals surface area contributed by atoms with E-state index in [1.807, 2.05) is 91.9 Å². The van der Waals surface area contributed by atoms with E-state index in [1.165, 1.54) is 0 Å². The molecular weight excluding hydrogens is 414 g/mol. The van der Waals surface area contributed by atoms with E-state index in [1.54, 1.807) is 6.92 Å². The standard InChI is InChI=1S/C25H25N7O/c1-17-11-9-10-16-21(17)29-22(33)18(2)26-23-30-24(27-19-12-5-3-6-13-19)32-25(31-23)28-20-14-7-4-8-15-20/h3-16,18H,1-2H3,(H,29,33)(H3,26,27,28,30,31,32)/t18-/m0/s1. The van der Waals surface area contributed by atoms with Gasteiger partial charge in [0.1, 0.15) is 6.04 Å². The topological polar surface area (TPSA) is 104 Å². The third-order valence-corrected chi connectivity index (χ3v) is 4.84. The number of hydrogen-bond acceptors (Lipinski definition) is 7. The predicted octanol–water partition coefficient (Wildman–Crippen LogP) is 5.11. The molecule has 1 heterocycles. The van der Waals surface area contributed by atoms with Gasteiger partial charge in [0.05, 0.1) is 0 Å². The smallest absolute Gasteiger partial charge is 0.246 e. The summed E-state index contributed by atoms with van der Waals surface area (Å²) in [7, 11) is 0. The number of carbonyl (C=O) groups is 1. The summed E-state index contributed by atoms with van der Waals surface area (Å²) in [4.78, 5) is 26.1. The lowest BCUT2D eigenvalue weighted by atomic mass is 10.2. The first-order valence-electron chi connectivity index (χ1n) is 10.6. The number of anilines is 6. The van der Waals surface area contributed by atoms with Crippen LogP contribution in [0.2, 0.25) is 0 Å². The molecule has 4 aromatic rings. The summed E-state index contributed by atoms with van der Waals surface area (Å²) in [6.07, 6.45) is 0. The molecule has 0 saturated heterocycles. The van der Waals surface area contributed by atoms with Gasteiger partial charge in [-0.2, -0.15) is 15.0 Å². The highest BCUT2D eigenvalue weighted by Crippen LogP contribution is 2.19. The number of nitrogens with zero attached hydrogens (tertiary/aromatic N) is 3. The summed E-state index contributed by atoms with van der Waals surface area (Å²) >= 11 is 0. The van der Waals surface area contributed by atoms with E-state index in [0.29, 0.717) is 11.9 Å². The van der Waals surface area contributed by atoms with Crippen molar-refractivity contribution in [1.29, 1.82) is 0 Å². The highest BCUT2D eigenvalue weighted by Gasteiger charge is 2.16. The zero-order valence-electron chi connectivity index (χ0n) is 18.4. The Morgan fingerprint density at radius 2 is 1.18 bits per heavy atom. The fourth-order valence-electron chi connectivity index (χ4n) is 3.07. The average Bonchev–Trinajstić information content (AvgIpc) is 2.81. The fourth-order valence-corrected chi connectivity index (χ4v) is 3.07. The van der Waals surface area contributed by atoms with Crippen molar-refractivity contribution in [3.05, 3.63) is 90.5 Å². The second-order valence-corrected chi connectivity index (χ2v) is 7.46. The second kappa shape index (κ2) is 10.2. The first-order chi connectivity index (χ1) is 16.1. The Kier molecular flexibility index (Phi) is 6.75. The highest BCUT2D eigenvalue weighted by molar-refractivity contribution is 5.96. The maximum Gasteiger partial charge on any atom is 0.246 e. The molecule has 0 unspecified atom stereocenters. The van der Waals surface area contributed by atoms with E-state index in [4.69, 9.17) is 0 Å². The van der Waals surface area contributed by atoms with E-state index in [9.17, 15) is 4.79 Å². The predicted molar refractivity (Wildman–Crippen MR) is 132 cm³/mol. The maximum absolute atomic E-state index is 12.7. The van der Waals surface area contributed by atoms with Gasteiger partial charge in [-0.15, -0.1) is 0 Å². The van der Waals surface area contributed by atoms with Crippen LogP contribution >= 0.6 is 0 Å². The summed E-state index contributed by atoms with van der Waals surface area (Å²) in [5.41, 5.74) is 3.43. The molecule has 1 atom stereocenters. The Morgan fingerprint density at radius 1 is 0.697 bits per heavy atom. The summed E-state index contributed by atoms with van der Waals surface area (Å²) < 4.78 is 0. The first-order valence-corrected chi connectivity index (χ1v) is 10.6. The van der Waals surface area contributed by atoms with Crippen molar-refractivity contribution in [3.8, 4) is 0 Å². The molecule has 8 nitrogen and oxygen atoms in total. The van der Waals surface area contributed by atoms with Crippen molar-refractivity contribution in [3.63, 3.8) is 0 Å². The van der Waals surface area contributed by atoms with Gasteiger partial charge in [-0.25, -0.2) is 0 Å². The molecule has 0 radical (unpaired) electrons. The van der Waals surface area contributed by atoms with Gasteiger partial charge in [0.25, 0.3) is 0 Å². The molecule has 0 fully saturated rings. The Morgan fingerprint density at radius 3 is 1.73 bits per heavy atom. The highest BCUT2D eigenvalue weighted by atomic mass is 16.2. The molecule has 3 aromatic carbocycles. The minimum atomic E-state index is -0.582. The van der Waals surface area contributed by atoms with Crippen LogP contribution in [0, 0.1) is 6.92 Å². The lowest BCUT2D eigenvalue weighted by Crippen LogP contribution is -2.33. The van der Waals surface area contributed by atoms with E-state index in [0.717, 1.165) is 22.6 Å². The summed E-state index contributed by atoms with van der Waals surface area (Å²) in [5, 5.41) is 12.4. The van der Waals surface area contributed by atoms with Crippen molar-refractivity contribution >= 4 is 40.8 Å². The van der Waals surface area contributed by atoms with Gasteiger partial charge >= 0.3 is 0 Å². The number of carbonyl (C=O) groups excluding carboxylic acids is 1. The number of hydrogen-bond donors (Lipinski definition) is 4. The van der Waals surface area contributed by atoms with Crippen LogP contribution in [0.15, 0.2) is 84.9 Å². The van der Waals surface area contributed by atoms with Gasteiger partial charge in [0, 0.05) is 17.1 Å². The van der Waals surface area contributed by atoms with Gasteiger partial charge in [0.15, 0.2) is 0 Å². The van der Waals surface area contributed by atoms with Crippen LogP contribution in [-0.2, 0) is 4.79 Å². The SMILES string of the molecule is Cc1ccccc1NC(=O)[C@H](C)Nc1nc(Nc2ccccc2)nc(Nc2ccccc2)n1. The molecular formula is C25H25N7O. The Balaban J connectivity index is 1.55. The summed E-state index contributed by atoms with van der Waals surface area (Å²) in [6.45, 7) is 3.70. The molecule has 0 aliphatic heterocycles. The Labute approximate surface area is 192 Å². The summed E-state index contributed by atoms with van der Waals surface area (Å²) in [5.74, 6) is 0.779. The molecule has 8 heteroatoms. The van der Waals surface area contributed by atoms with Crippen molar-refractivity contribution in [2.75, 3.05) is 21.3 Å². The normalized spacial score (nSPS) is 11.3. The quantitative estimate of drug-likeness (QED) is 0.303. The van der Waals surface area contributed by atoms with Crippen LogP contribution < -0.4 is 21.3 Å². The molecule has 1 amide bonds. The zero-order chi connectivity index (χ0) is 23.0. The fraction of sp³-hybridized carbons (Fsp3) is 0.120. The van der Waals surface area contributed by atoms with Crippen molar-refractivity contribution in [2.24, 2.45) is 0 Å². The Bertz CT molecular complexity index is 1160. The molecule has 33 heavy (non-hydrogen) atoms. The van der Waals surface area contributed by atoms with Gasteiger partial charge in [0.2, 0.25) is 23.8 Å². The number of rotatable bonds is 8. The van der Waals surface area contributed by atoms with Crippen LogP contribution in [0.1, 0.15) is 12.5 Å². The van der Waals surface area contributed by atoms with E-state index >= 15 is 0 Å². The molecule has 0 aliphatic carbocycles. The minimum absolute atomic E-state index is 0.195. The first kappa shape index (κ1) is 21.8. The number of amides is 1. The summed E-state index contributed by atoms with van der Waals surface area (Å²) in [6, 6.07) is 26.3. The second-order valence-electron chi connectivity index (χ2n) is 7.46. The van der Waals surface area contributed by atoms with Crippen molar-refractivity contribution in [1.82, 2.24) is 15.0 Å². The Hall–Kier alpha value is -4.46. The van der Waals surface area contributed by atoms with E-state index < -0.39 is 6.04 Å². The van der Waals surface area contributed by atoms with Crippen LogP contribution in [-0.4, -0.2) is 26.9 Å². The van der Waals surface area contributed by atoms with Crippen molar-refractivity contribution < 1.29 is 4.79 Å². The van der Waals surface area contributed by atoms with E-state index in [-0.39, 0.29) is 11.9 Å². The molecule has 0 saturated carbocycles. The largest absolute Gasteiger partial charge is 0.342 e. The third-order valence-electron chi connectivity index (χ3n) is 4.84. The van der Waals surface area contributed by atoms with Crippen molar-refractivity contribution in [2.45, 2.75) is 19.9 Å². The molecule has 0 spiro atoms. The number of aryl methyl sites for hydroxylation is 1. The molecule has 1 aromatic heterocycles. The zero-order valence-corrected chi connectivity index (χ0v) is 18.4. The third kappa shape index (κ3) is 6.04. The van der Waals surface area contributed by atoms with Crippen LogP contribution in [0.4, 0.5) is 34.9 Å². The molecule has 0 aliphatic rings. The van der Waals surface area contributed by atoms with Crippen LogP contribution in [0.3, 0.4) is 0 Å². The molecule has 166 valence electrons.